The topological polar surface area (TPSA) is 169 Å². The molecule has 0 aliphatic carbocycles. The fourth-order valence-corrected chi connectivity index (χ4v) is 5.44. The number of nitrogens with one attached hydrogen (secondary N) is 1. The van der Waals surface area contributed by atoms with Crippen molar-refractivity contribution in [2.75, 3.05) is 18.1 Å². The predicted molar refractivity (Wildman–Crippen MR) is 118 cm³/mol. The van der Waals surface area contributed by atoms with Gasteiger partial charge in [-0.1, -0.05) is 6.07 Å². The quantitative estimate of drug-likeness (QED) is 0.333. The first-order valence-electron chi connectivity index (χ1n) is 10.3. The molecule has 1 unspecified atom stereocenters. The zero-order valence-corrected chi connectivity index (χ0v) is 19.1. The first-order chi connectivity index (χ1) is 15.6. The maximum absolute atomic E-state index is 11.8. The Bertz CT molecular complexity index is 1250. The lowest BCUT2D eigenvalue weighted by Crippen LogP contribution is -2.19. The summed E-state index contributed by atoms with van der Waals surface area (Å²) in [6.45, 7) is 5.48. The minimum absolute atomic E-state index is 0.0372. The number of aromatic nitrogens is 5. The Morgan fingerprint density at radius 1 is 1.18 bits per heavy atom. The van der Waals surface area contributed by atoms with Crippen molar-refractivity contribution in [3.63, 3.8) is 0 Å². The Balaban J connectivity index is 0.000000454. The van der Waals surface area contributed by atoms with Gasteiger partial charge in [0.05, 0.1) is 23.2 Å². The third kappa shape index (κ3) is 5.93. The van der Waals surface area contributed by atoms with Gasteiger partial charge in [-0.2, -0.15) is 5.10 Å². The molecule has 0 spiro atoms. The van der Waals surface area contributed by atoms with Crippen LogP contribution in [0.1, 0.15) is 35.2 Å². The number of carbonyl (C=O) groups is 2. The van der Waals surface area contributed by atoms with Gasteiger partial charge >= 0.3 is 11.9 Å². The van der Waals surface area contributed by atoms with Crippen molar-refractivity contribution in [2.24, 2.45) is 0 Å². The van der Waals surface area contributed by atoms with Gasteiger partial charge in [0.25, 0.3) is 0 Å². The summed E-state index contributed by atoms with van der Waals surface area (Å²) in [5.41, 5.74) is 4.00. The van der Waals surface area contributed by atoms with Crippen LogP contribution in [0.3, 0.4) is 0 Å². The molecule has 0 saturated carbocycles. The molecular weight excluding hydrogens is 452 g/mol. The number of carboxylic acids is 2. The monoisotopic (exact) mass is 478 g/mol. The molecule has 13 heteroatoms. The van der Waals surface area contributed by atoms with Crippen LogP contribution < -0.4 is 5.32 Å². The summed E-state index contributed by atoms with van der Waals surface area (Å²) >= 11 is 0. The van der Waals surface area contributed by atoms with E-state index in [1.165, 1.54) is 0 Å². The smallest absolute Gasteiger partial charge is 0.414 e. The number of pyridine rings is 1. The molecule has 0 radical (unpaired) electrons. The third-order valence-corrected chi connectivity index (χ3v) is 7.17. The number of sulfone groups is 1. The number of carboxylic acid groups (broad SMARTS) is 2. The summed E-state index contributed by atoms with van der Waals surface area (Å²) in [6, 6.07) is 5.82. The lowest BCUT2D eigenvalue weighted by atomic mass is 10.2. The molecule has 1 aliphatic heterocycles. The molecule has 3 aromatic heterocycles. The second-order valence-corrected chi connectivity index (χ2v) is 9.96. The zero-order valence-electron chi connectivity index (χ0n) is 18.3. The summed E-state index contributed by atoms with van der Waals surface area (Å²) in [4.78, 5) is 18.2. The lowest BCUT2D eigenvalue weighted by Gasteiger charge is -2.11. The van der Waals surface area contributed by atoms with E-state index >= 15 is 0 Å². The summed E-state index contributed by atoms with van der Waals surface area (Å²) in [7, 11) is -2.92. The lowest BCUT2D eigenvalue weighted by molar-refractivity contribution is -0.159. The van der Waals surface area contributed by atoms with E-state index < -0.39 is 21.8 Å². The first-order valence-corrected chi connectivity index (χ1v) is 12.1. The fourth-order valence-electron chi connectivity index (χ4n) is 3.75. The van der Waals surface area contributed by atoms with Crippen molar-refractivity contribution in [3.8, 4) is 0 Å². The Morgan fingerprint density at radius 3 is 2.55 bits per heavy atom. The third-order valence-electron chi connectivity index (χ3n) is 5.42. The molecule has 33 heavy (non-hydrogen) atoms. The van der Waals surface area contributed by atoms with Crippen LogP contribution in [0.4, 0.5) is 0 Å². The van der Waals surface area contributed by atoms with E-state index in [-0.39, 0.29) is 17.5 Å². The Morgan fingerprint density at radius 2 is 1.91 bits per heavy atom. The highest BCUT2D eigenvalue weighted by Gasteiger charge is 2.31. The molecular formula is C20H26N6O6S. The van der Waals surface area contributed by atoms with Crippen LogP contribution in [0.5, 0.6) is 0 Å². The van der Waals surface area contributed by atoms with Gasteiger partial charge in [-0.05, 0) is 32.4 Å². The van der Waals surface area contributed by atoms with Crippen molar-refractivity contribution < 1.29 is 28.2 Å². The van der Waals surface area contributed by atoms with Crippen LogP contribution in [0.25, 0.3) is 5.65 Å². The Kier molecular flexibility index (Phi) is 7.43. The number of hydrogen-bond donors (Lipinski definition) is 3. The van der Waals surface area contributed by atoms with Crippen LogP contribution >= 0.6 is 0 Å². The molecule has 3 N–H and O–H groups in total. The highest BCUT2D eigenvalue weighted by atomic mass is 32.2. The van der Waals surface area contributed by atoms with Crippen molar-refractivity contribution in [1.82, 2.24) is 29.7 Å². The average molecular weight is 479 g/mol. The molecule has 4 heterocycles. The maximum atomic E-state index is 11.8. The fraction of sp³-hybridized carbons (Fsp3) is 0.450. The average Bonchev–Trinajstić information content (AvgIpc) is 3.42. The van der Waals surface area contributed by atoms with E-state index in [2.05, 4.69) is 20.6 Å². The van der Waals surface area contributed by atoms with Gasteiger partial charge in [-0.3, -0.25) is 9.08 Å². The standard InChI is InChI=1S/C18H24N6O2S.C2H2O4/c1-13-16(14(2)24(22-13)15-7-10-27(25,26)12-15)11-19-8-6-18-21-20-17-5-3-4-9-23(17)18;3-1(4)2(5)6/h3-5,9,15,19H,6-8,10-12H2,1-2H3;(H,3,4)(H,5,6). The predicted octanol–water partition coefficient (Wildman–Crippen LogP) is 0.390. The maximum Gasteiger partial charge on any atom is 0.414 e. The van der Waals surface area contributed by atoms with Crippen LogP contribution in [0.2, 0.25) is 0 Å². The van der Waals surface area contributed by atoms with Crippen LogP contribution in [0, 0.1) is 13.8 Å². The highest BCUT2D eigenvalue weighted by Crippen LogP contribution is 2.26. The minimum Gasteiger partial charge on any atom is -0.473 e. The van der Waals surface area contributed by atoms with Crippen LogP contribution in [0.15, 0.2) is 24.4 Å². The molecule has 12 nitrogen and oxygen atoms in total. The summed E-state index contributed by atoms with van der Waals surface area (Å²) < 4.78 is 27.4. The SMILES string of the molecule is Cc1nn(C2CCS(=O)(=O)C2)c(C)c1CNCCc1nnc2ccccn12.O=C(O)C(=O)O. The normalized spacial score (nSPS) is 17.0. The van der Waals surface area contributed by atoms with Crippen molar-refractivity contribution in [2.45, 2.75) is 39.3 Å². The van der Waals surface area contributed by atoms with Gasteiger partial charge in [0.15, 0.2) is 15.5 Å². The van der Waals surface area contributed by atoms with E-state index in [4.69, 9.17) is 19.8 Å². The molecule has 1 atom stereocenters. The van der Waals surface area contributed by atoms with Gasteiger partial charge in [0.2, 0.25) is 0 Å². The van der Waals surface area contributed by atoms with E-state index in [9.17, 15) is 8.42 Å². The van der Waals surface area contributed by atoms with Gasteiger partial charge in [0, 0.05) is 37.0 Å². The molecule has 4 rings (SSSR count). The molecule has 3 aromatic rings. The first kappa shape index (κ1) is 24.3. The van der Waals surface area contributed by atoms with Crippen LogP contribution in [-0.4, -0.2) is 73.0 Å². The van der Waals surface area contributed by atoms with E-state index in [1.54, 1.807) is 0 Å². The van der Waals surface area contributed by atoms with E-state index in [1.807, 2.05) is 47.3 Å². The Hall–Kier alpha value is -3.32. The highest BCUT2D eigenvalue weighted by molar-refractivity contribution is 7.91. The second kappa shape index (κ2) is 10.1. The van der Waals surface area contributed by atoms with Crippen molar-refractivity contribution in [3.05, 3.63) is 47.2 Å². The van der Waals surface area contributed by atoms with Crippen LogP contribution in [-0.2, 0) is 32.4 Å². The van der Waals surface area contributed by atoms with Gasteiger partial charge in [-0.25, -0.2) is 18.0 Å². The molecule has 1 fully saturated rings. The van der Waals surface area contributed by atoms with Gasteiger partial charge in [-0.15, -0.1) is 10.2 Å². The summed E-state index contributed by atoms with van der Waals surface area (Å²) in [5.74, 6) is -2.26. The number of rotatable bonds is 6. The van der Waals surface area contributed by atoms with Gasteiger partial charge in [0.1, 0.15) is 5.82 Å². The number of nitrogens with zero attached hydrogens (tertiary/aromatic N) is 5. The van der Waals surface area contributed by atoms with Crippen molar-refractivity contribution >= 4 is 27.4 Å². The van der Waals surface area contributed by atoms with Gasteiger partial charge < -0.3 is 15.5 Å². The van der Waals surface area contributed by atoms with E-state index in [0.717, 1.165) is 41.4 Å². The molecule has 178 valence electrons. The minimum atomic E-state index is -2.92. The zero-order chi connectivity index (χ0) is 24.2. The Labute approximate surface area is 190 Å². The van der Waals surface area contributed by atoms with Crippen molar-refractivity contribution in [1.29, 1.82) is 0 Å². The van der Waals surface area contributed by atoms with E-state index in [0.29, 0.717) is 13.0 Å². The molecule has 0 amide bonds. The number of aliphatic carboxylic acids is 2. The number of fused-ring (bicyclic) bond motifs is 1. The molecule has 1 saturated heterocycles. The second-order valence-electron chi connectivity index (χ2n) is 7.73. The largest absolute Gasteiger partial charge is 0.473 e. The molecule has 0 bridgehead atoms. The molecule has 0 aromatic carbocycles. The summed E-state index contributed by atoms with van der Waals surface area (Å²) in [5, 5.41) is 31.3. The summed E-state index contributed by atoms with van der Waals surface area (Å²) in [6.07, 6.45) is 3.40. The molecule has 1 aliphatic rings. The number of hydrogen-bond acceptors (Lipinski definition) is 8. The number of aryl methyl sites for hydroxylation is 1.